The van der Waals surface area contributed by atoms with Crippen LogP contribution < -0.4 is 4.74 Å². The van der Waals surface area contributed by atoms with Crippen molar-refractivity contribution < 1.29 is 9.53 Å². The van der Waals surface area contributed by atoms with Crippen LogP contribution >= 0.6 is 0 Å². The lowest BCUT2D eigenvalue weighted by molar-refractivity contribution is -0.120. The van der Waals surface area contributed by atoms with E-state index in [1.807, 2.05) is 36.4 Å². The molecule has 0 unspecified atom stereocenters. The largest absolute Gasteiger partial charge is 0.428 e. The number of carbonyl (C=O) groups excluding carboxylic acids is 1. The van der Waals surface area contributed by atoms with Crippen LogP contribution in [-0.4, -0.2) is 6.47 Å². The van der Waals surface area contributed by atoms with Crippen molar-refractivity contribution in [3.05, 3.63) is 42.5 Å². The molecule has 0 radical (unpaired) electrons. The summed E-state index contributed by atoms with van der Waals surface area (Å²) in [5.74, 6) is 0.605. The normalized spacial score (nSPS) is 9.85. The molecule has 0 bridgehead atoms. The maximum absolute atomic E-state index is 10.2. The van der Waals surface area contributed by atoms with Gasteiger partial charge in [-0.2, -0.15) is 0 Å². The van der Waals surface area contributed by atoms with Gasteiger partial charge in [-0.25, -0.2) is 0 Å². The number of carbonyl (C=O) groups is 1. The van der Waals surface area contributed by atoms with Crippen molar-refractivity contribution in [3.8, 4) is 5.75 Å². The molecule has 0 saturated carbocycles. The van der Waals surface area contributed by atoms with Gasteiger partial charge in [0, 0.05) is 5.39 Å². The van der Waals surface area contributed by atoms with Gasteiger partial charge in [-0.3, -0.25) is 4.79 Å². The van der Waals surface area contributed by atoms with Crippen molar-refractivity contribution in [2.75, 3.05) is 0 Å². The van der Waals surface area contributed by atoms with Crippen LogP contribution in [0.25, 0.3) is 10.8 Å². The third kappa shape index (κ3) is 1.38. The van der Waals surface area contributed by atoms with Gasteiger partial charge >= 0.3 is 0 Å². The molecule has 0 aliphatic heterocycles. The lowest BCUT2D eigenvalue weighted by Gasteiger charge is -2.02. The Kier molecular flexibility index (Phi) is 1.96. The summed E-state index contributed by atoms with van der Waals surface area (Å²) >= 11 is 0. The fourth-order valence-corrected chi connectivity index (χ4v) is 1.35. The predicted octanol–water partition coefficient (Wildman–Crippen LogP) is 2.38. The molecular weight excluding hydrogens is 164 g/mol. The molecule has 0 heterocycles. The van der Waals surface area contributed by atoms with E-state index in [2.05, 4.69) is 0 Å². The van der Waals surface area contributed by atoms with Gasteiger partial charge in [0.05, 0.1) is 0 Å². The molecule has 0 aliphatic rings. The maximum atomic E-state index is 10.2. The van der Waals surface area contributed by atoms with Gasteiger partial charge in [0.15, 0.2) is 0 Å². The van der Waals surface area contributed by atoms with Crippen LogP contribution in [0, 0.1) is 0 Å². The van der Waals surface area contributed by atoms with E-state index >= 15 is 0 Å². The van der Waals surface area contributed by atoms with E-state index in [4.69, 9.17) is 4.74 Å². The summed E-state index contributed by atoms with van der Waals surface area (Å²) in [7, 11) is 0. The topological polar surface area (TPSA) is 26.3 Å². The number of rotatable bonds is 2. The zero-order chi connectivity index (χ0) is 9.10. The molecule has 2 rings (SSSR count). The summed E-state index contributed by atoms with van der Waals surface area (Å²) < 4.78 is 4.84. The Hall–Kier alpha value is -1.83. The molecule has 0 spiro atoms. The minimum atomic E-state index is 0.446. The lowest BCUT2D eigenvalue weighted by atomic mass is 10.1. The summed E-state index contributed by atoms with van der Waals surface area (Å²) in [6.07, 6.45) is 0. The summed E-state index contributed by atoms with van der Waals surface area (Å²) in [6.45, 7) is 0.446. The number of ether oxygens (including phenoxy) is 1. The monoisotopic (exact) mass is 172 g/mol. The molecule has 0 aromatic heterocycles. The summed E-state index contributed by atoms with van der Waals surface area (Å²) in [5, 5.41) is 2.03. The lowest BCUT2D eigenvalue weighted by Crippen LogP contribution is -1.88. The van der Waals surface area contributed by atoms with E-state index in [9.17, 15) is 4.79 Å². The van der Waals surface area contributed by atoms with E-state index in [1.54, 1.807) is 6.07 Å². The zero-order valence-corrected chi connectivity index (χ0v) is 6.94. The zero-order valence-electron chi connectivity index (χ0n) is 6.94. The molecular formula is C11H8O2. The third-order valence-corrected chi connectivity index (χ3v) is 1.92. The molecule has 0 atom stereocenters. The van der Waals surface area contributed by atoms with E-state index in [0.29, 0.717) is 12.2 Å². The summed E-state index contributed by atoms with van der Waals surface area (Å²) in [5.41, 5.74) is 0. The van der Waals surface area contributed by atoms with Gasteiger partial charge in [0.1, 0.15) is 5.75 Å². The van der Waals surface area contributed by atoms with E-state index in [-0.39, 0.29) is 0 Å². The summed E-state index contributed by atoms with van der Waals surface area (Å²) in [6, 6.07) is 13.4. The van der Waals surface area contributed by atoms with E-state index in [1.165, 1.54) is 0 Å². The minimum absolute atomic E-state index is 0.446. The Bertz CT molecular complexity index is 430. The highest BCUT2D eigenvalue weighted by Crippen LogP contribution is 2.24. The maximum Gasteiger partial charge on any atom is 0.298 e. The van der Waals surface area contributed by atoms with Gasteiger partial charge < -0.3 is 4.74 Å². The van der Waals surface area contributed by atoms with Gasteiger partial charge in [-0.1, -0.05) is 36.4 Å². The first-order valence-electron chi connectivity index (χ1n) is 4.00. The Balaban J connectivity index is 2.68. The molecule has 2 aromatic rings. The molecule has 13 heavy (non-hydrogen) atoms. The standard InChI is InChI=1S/C11H8O2/c12-8-13-11-7-3-5-9-4-1-2-6-10(9)11/h1-8H. The highest BCUT2D eigenvalue weighted by Gasteiger charge is 1.98. The number of hydrogen-bond acceptors (Lipinski definition) is 2. The molecule has 2 aromatic carbocycles. The second-order valence-electron chi connectivity index (χ2n) is 2.69. The Morgan fingerprint density at radius 3 is 2.62 bits per heavy atom. The van der Waals surface area contributed by atoms with Crippen molar-refractivity contribution in [2.45, 2.75) is 0 Å². The van der Waals surface area contributed by atoms with Crippen molar-refractivity contribution in [1.29, 1.82) is 0 Å². The van der Waals surface area contributed by atoms with Crippen molar-refractivity contribution in [3.63, 3.8) is 0 Å². The molecule has 0 fully saturated rings. The average molecular weight is 172 g/mol. The Morgan fingerprint density at radius 1 is 1.00 bits per heavy atom. The number of hydrogen-bond donors (Lipinski definition) is 0. The van der Waals surface area contributed by atoms with E-state index < -0.39 is 0 Å². The van der Waals surface area contributed by atoms with Crippen LogP contribution in [-0.2, 0) is 4.79 Å². The first kappa shape index (κ1) is 7.80. The quantitative estimate of drug-likeness (QED) is 0.650. The van der Waals surface area contributed by atoms with Crippen LogP contribution in [0.15, 0.2) is 42.5 Å². The van der Waals surface area contributed by atoms with Gasteiger partial charge in [-0.15, -0.1) is 0 Å². The average Bonchev–Trinajstić information content (AvgIpc) is 2.19. The fraction of sp³-hybridized carbons (Fsp3) is 0. The van der Waals surface area contributed by atoms with Gasteiger partial charge in [0.2, 0.25) is 0 Å². The SMILES string of the molecule is O=COc1cccc2ccccc12. The highest BCUT2D eigenvalue weighted by atomic mass is 16.5. The predicted molar refractivity (Wildman–Crippen MR) is 50.6 cm³/mol. The molecule has 0 N–H and O–H groups in total. The van der Waals surface area contributed by atoms with Crippen LogP contribution in [0.2, 0.25) is 0 Å². The van der Waals surface area contributed by atoms with Crippen LogP contribution in [0.3, 0.4) is 0 Å². The van der Waals surface area contributed by atoms with Gasteiger partial charge in [0.25, 0.3) is 6.47 Å². The molecule has 2 nitrogen and oxygen atoms in total. The fourth-order valence-electron chi connectivity index (χ4n) is 1.35. The summed E-state index contributed by atoms with van der Waals surface area (Å²) in [4.78, 5) is 10.2. The number of benzene rings is 2. The molecule has 0 saturated heterocycles. The number of fused-ring (bicyclic) bond motifs is 1. The first-order valence-corrected chi connectivity index (χ1v) is 4.00. The highest BCUT2D eigenvalue weighted by molar-refractivity contribution is 5.88. The molecule has 0 aliphatic carbocycles. The van der Waals surface area contributed by atoms with E-state index in [0.717, 1.165) is 10.8 Å². The van der Waals surface area contributed by atoms with Crippen molar-refractivity contribution >= 4 is 17.2 Å². The smallest absolute Gasteiger partial charge is 0.298 e. The first-order chi connectivity index (χ1) is 6.42. The van der Waals surface area contributed by atoms with Crippen LogP contribution in [0.5, 0.6) is 5.75 Å². The third-order valence-electron chi connectivity index (χ3n) is 1.92. The van der Waals surface area contributed by atoms with Crippen LogP contribution in [0.1, 0.15) is 0 Å². The minimum Gasteiger partial charge on any atom is -0.428 e. The molecule has 2 heteroatoms. The van der Waals surface area contributed by atoms with Crippen molar-refractivity contribution in [2.24, 2.45) is 0 Å². The molecule has 0 amide bonds. The van der Waals surface area contributed by atoms with Gasteiger partial charge in [-0.05, 0) is 11.5 Å². The molecule has 64 valence electrons. The second-order valence-corrected chi connectivity index (χ2v) is 2.69. The Morgan fingerprint density at radius 2 is 1.77 bits per heavy atom. The second kappa shape index (κ2) is 3.27. The van der Waals surface area contributed by atoms with Crippen LogP contribution in [0.4, 0.5) is 0 Å². The Labute approximate surface area is 75.8 Å². The van der Waals surface area contributed by atoms with Crippen molar-refractivity contribution in [1.82, 2.24) is 0 Å².